The molecule has 114 valence electrons. The summed E-state index contributed by atoms with van der Waals surface area (Å²) in [6, 6.07) is 0.228. The van der Waals surface area contributed by atoms with Gasteiger partial charge in [-0.15, -0.1) is 16.4 Å². The molecule has 0 N–H and O–H groups in total. The van der Waals surface area contributed by atoms with E-state index in [4.69, 9.17) is 0 Å². The minimum atomic E-state index is 0.228. The summed E-state index contributed by atoms with van der Waals surface area (Å²) in [5, 5.41) is 15.0. The van der Waals surface area contributed by atoms with Gasteiger partial charge in [-0.25, -0.2) is 14.6 Å². The van der Waals surface area contributed by atoms with E-state index in [1.54, 1.807) is 6.33 Å². The van der Waals surface area contributed by atoms with Gasteiger partial charge in [0, 0.05) is 10.3 Å². The SMILES string of the molecule is CC(C)n1nnnc1Sc1ncnc2sc3c(c12)CCCC3. The van der Waals surface area contributed by atoms with Crippen LogP contribution < -0.4 is 0 Å². The van der Waals surface area contributed by atoms with Crippen LogP contribution in [0.15, 0.2) is 16.5 Å². The second kappa shape index (κ2) is 5.58. The van der Waals surface area contributed by atoms with Gasteiger partial charge in [0.25, 0.3) is 0 Å². The predicted molar refractivity (Wildman–Crippen MR) is 86.4 cm³/mol. The molecule has 0 unspecified atom stereocenters. The summed E-state index contributed by atoms with van der Waals surface area (Å²) in [7, 11) is 0. The third kappa shape index (κ3) is 2.30. The van der Waals surface area contributed by atoms with Crippen LogP contribution >= 0.6 is 23.1 Å². The lowest BCUT2D eigenvalue weighted by molar-refractivity contribution is 0.477. The molecular formula is C14H16N6S2. The Kier molecular flexibility index (Phi) is 3.57. The van der Waals surface area contributed by atoms with Crippen molar-refractivity contribution < 1.29 is 0 Å². The smallest absolute Gasteiger partial charge is 0.215 e. The Morgan fingerprint density at radius 1 is 1.23 bits per heavy atom. The maximum atomic E-state index is 4.51. The average Bonchev–Trinajstić information content (AvgIpc) is 3.11. The summed E-state index contributed by atoms with van der Waals surface area (Å²) in [5.74, 6) is 0. The van der Waals surface area contributed by atoms with E-state index in [0.29, 0.717) is 0 Å². The van der Waals surface area contributed by atoms with Gasteiger partial charge in [0.1, 0.15) is 16.2 Å². The molecule has 0 spiro atoms. The van der Waals surface area contributed by atoms with Gasteiger partial charge in [-0.05, 0) is 67.3 Å². The first kappa shape index (κ1) is 14.1. The van der Waals surface area contributed by atoms with Crippen molar-refractivity contribution in [2.45, 2.75) is 55.8 Å². The van der Waals surface area contributed by atoms with Gasteiger partial charge in [0.05, 0.1) is 6.04 Å². The summed E-state index contributed by atoms with van der Waals surface area (Å²) in [6.45, 7) is 4.14. The van der Waals surface area contributed by atoms with Crippen molar-refractivity contribution in [2.24, 2.45) is 0 Å². The van der Waals surface area contributed by atoms with Gasteiger partial charge in [-0.1, -0.05) is 0 Å². The average molecular weight is 332 g/mol. The van der Waals surface area contributed by atoms with Gasteiger partial charge in [0.2, 0.25) is 5.16 Å². The molecule has 1 aliphatic rings. The Morgan fingerprint density at radius 3 is 2.95 bits per heavy atom. The number of tetrazole rings is 1. The molecule has 0 saturated heterocycles. The first-order valence-corrected chi connectivity index (χ1v) is 9.08. The van der Waals surface area contributed by atoms with Crippen molar-refractivity contribution in [2.75, 3.05) is 0 Å². The third-order valence-corrected chi connectivity index (χ3v) is 6.01. The van der Waals surface area contributed by atoms with E-state index in [1.807, 2.05) is 16.0 Å². The molecule has 0 saturated carbocycles. The maximum Gasteiger partial charge on any atom is 0.215 e. The zero-order valence-electron chi connectivity index (χ0n) is 12.5. The van der Waals surface area contributed by atoms with E-state index in [1.165, 1.54) is 46.9 Å². The van der Waals surface area contributed by atoms with Crippen LogP contribution in [0, 0.1) is 0 Å². The van der Waals surface area contributed by atoms with Crippen LogP contribution in [0.3, 0.4) is 0 Å². The molecule has 6 nitrogen and oxygen atoms in total. The van der Waals surface area contributed by atoms with E-state index >= 15 is 0 Å². The van der Waals surface area contributed by atoms with E-state index in [9.17, 15) is 0 Å². The molecule has 3 aromatic rings. The molecule has 0 aliphatic heterocycles. The second-order valence-corrected chi connectivity index (χ2v) is 7.71. The Morgan fingerprint density at radius 2 is 2.09 bits per heavy atom. The predicted octanol–water partition coefficient (Wildman–Crippen LogP) is 3.29. The van der Waals surface area contributed by atoms with Crippen LogP contribution in [0.2, 0.25) is 0 Å². The minimum absolute atomic E-state index is 0.228. The highest BCUT2D eigenvalue weighted by Gasteiger charge is 2.21. The van der Waals surface area contributed by atoms with E-state index in [2.05, 4.69) is 39.3 Å². The quantitative estimate of drug-likeness (QED) is 0.686. The van der Waals surface area contributed by atoms with Crippen molar-refractivity contribution >= 4 is 33.3 Å². The fraction of sp³-hybridized carbons (Fsp3) is 0.500. The van der Waals surface area contributed by atoms with Crippen molar-refractivity contribution in [3.63, 3.8) is 0 Å². The summed E-state index contributed by atoms with van der Waals surface area (Å²) in [5.41, 5.74) is 1.44. The zero-order chi connectivity index (χ0) is 15.1. The van der Waals surface area contributed by atoms with Gasteiger partial charge < -0.3 is 0 Å². The lowest BCUT2D eigenvalue weighted by atomic mass is 9.97. The summed E-state index contributed by atoms with van der Waals surface area (Å²) in [6.07, 6.45) is 6.48. The number of aromatic nitrogens is 6. The van der Waals surface area contributed by atoms with Crippen LogP contribution in [0.4, 0.5) is 0 Å². The maximum absolute atomic E-state index is 4.51. The molecule has 3 heterocycles. The molecule has 0 fully saturated rings. The molecule has 0 bridgehead atoms. The van der Waals surface area contributed by atoms with Crippen molar-refractivity contribution in [3.05, 3.63) is 16.8 Å². The van der Waals surface area contributed by atoms with Crippen molar-refractivity contribution in [1.29, 1.82) is 0 Å². The highest BCUT2D eigenvalue weighted by atomic mass is 32.2. The number of nitrogens with zero attached hydrogens (tertiary/aromatic N) is 6. The van der Waals surface area contributed by atoms with Crippen LogP contribution in [0.1, 0.15) is 43.2 Å². The Bertz CT molecular complexity index is 822. The van der Waals surface area contributed by atoms with Gasteiger partial charge in [-0.3, -0.25) is 0 Å². The van der Waals surface area contributed by atoms with Gasteiger partial charge in [-0.2, -0.15) is 0 Å². The number of hydrogen-bond donors (Lipinski definition) is 0. The molecular weight excluding hydrogens is 316 g/mol. The first-order chi connectivity index (χ1) is 10.7. The highest BCUT2D eigenvalue weighted by molar-refractivity contribution is 7.99. The van der Waals surface area contributed by atoms with Crippen molar-refractivity contribution in [1.82, 2.24) is 30.2 Å². The number of thiophene rings is 1. The second-order valence-electron chi connectivity index (χ2n) is 5.67. The van der Waals surface area contributed by atoms with Crippen LogP contribution in [0.25, 0.3) is 10.2 Å². The monoisotopic (exact) mass is 332 g/mol. The van der Waals surface area contributed by atoms with Crippen LogP contribution in [-0.4, -0.2) is 30.2 Å². The Labute approximate surface area is 136 Å². The lowest BCUT2D eigenvalue weighted by Gasteiger charge is -2.11. The lowest BCUT2D eigenvalue weighted by Crippen LogP contribution is -2.05. The van der Waals surface area contributed by atoms with E-state index in [0.717, 1.165) is 21.4 Å². The fourth-order valence-electron chi connectivity index (χ4n) is 2.80. The number of aryl methyl sites for hydroxylation is 2. The largest absolute Gasteiger partial charge is 0.229 e. The Hall–Kier alpha value is -1.54. The highest BCUT2D eigenvalue weighted by Crippen LogP contribution is 2.40. The van der Waals surface area contributed by atoms with E-state index in [-0.39, 0.29) is 6.04 Å². The molecule has 0 amide bonds. The third-order valence-electron chi connectivity index (χ3n) is 3.86. The Balaban J connectivity index is 1.81. The first-order valence-electron chi connectivity index (χ1n) is 7.45. The number of rotatable bonds is 3. The van der Waals surface area contributed by atoms with Crippen molar-refractivity contribution in [3.8, 4) is 0 Å². The molecule has 22 heavy (non-hydrogen) atoms. The zero-order valence-corrected chi connectivity index (χ0v) is 14.1. The number of fused-ring (bicyclic) bond motifs is 3. The van der Waals surface area contributed by atoms with Crippen LogP contribution in [0.5, 0.6) is 0 Å². The summed E-state index contributed by atoms with van der Waals surface area (Å²) >= 11 is 3.35. The van der Waals surface area contributed by atoms with Gasteiger partial charge in [0.15, 0.2) is 0 Å². The minimum Gasteiger partial charge on any atom is -0.229 e. The number of hydrogen-bond acceptors (Lipinski definition) is 7. The molecule has 0 radical (unpaired) electrons. The molecule has 0 atom stereocenters. The fourth-order valence-corrected chi connectivity index (χ4v) is 5.11. The molecule has 3 aromatic heterocycles. The topological polar surface area (TPSA) is 69.4 Å². The summed E-state index contributed by atoms with van der Waals surface area (Å²) in [4.78, 5) is 11.6. The molecule has 4 rings (SSSR count). The standard InChI is InChI=1S/C14H16N6S2/c1-8(2)20-14(17-18-19-20)22-13-11-9-5-3-4-6-10(9)21-12(11)15-7-16-13/h7-8H,3-6H2,1-2H3. The van der Waals surface area contributed by atoms with E-state index < -0.39 is 0 Å². The molecule has 8 heteroatoms. The summed E-state index contributed by atoms with van der Waals surface area (Å²) < 4.78 is 1.83. The van der Waals surface area contributed by atoms with Gasteiger partial charge >= 0.3 is 0 Å². The molecule has 1 aliphatic carbocycles. The molecule has 0 aromatic carbocycles. The van der Waals surface area contributed by atoms with Crippen LogP contribution in [-0.2, 0) is 12.8 Å². The normalized spacial score (nSPS) is 14.7.